The molecule has 0 aliphatic carbocycles. The minimum absolute atomic E-state index is 0.0132. The number of hydrogen-bond acceptors (Lipinski definition) is 5. The number of nitro groups is 1. The van der Waals surface area contributed by atoms with E-state index in [1.807, 2.05) is 0 Å². The molecule has 1 aromatic rings. The Balaban J connectivity index is 2.65. The van der Waals surface area contributed by atoms with Gasteiger partial charge in [-0.15, -0.1) is 0 Å². The molecule has 0 radical (unpaired) electrons. The molecule has 7 heteroatoms. The Morgan fingerprint density at radius 1 is 1.38 bits per heavy atom. The first kappa shape index (κ1) is 16.9. The van der Waals surface area contributed by atoms with Gasteiger partial charge in [-0.05, 0) is 24.5 Å². The summed E-state index contributed by atoms with van der Waals surface area (Å²) in [5.41, 5.74) is 2.61. The highest BCUT2D eigenvalue weighted by molar-refractivity contribution is 5.99. The zero-order valence-electron chi connectivity index (χ0n) is 12.4. The van der Waals surface area contributed by atoms with Crippen molar-refractivity contribution in [3.05, 3.63) is 33.9 Å². The molecule has 0 aromatic heterocycles. The summed E-state index contributed by atoms with van der Waals surface area (Å²) in [6, 6.07) is 4.10. The van der Waals surface area contributed by atoms with E-state index in [4.69, 9.17) is 5.84 Å². The number of nitrogens with two attached hydrogens (primary N) is 1. The highest BCUT2D eigenvalue weighted by atomic mass is 16.6. The van der Waals surface area contributed by atoms with Gasteiger partial charge in [-0.25, -0.2) is 0 Å². The van der Waals surface area contributed by atoms with Gasteiger partial charge in [0, 0.05) is 18.3 Å². The third-order valence-electron chi connectivity index (χ3n) is 3.10. The average Bonchev–Trinajstić information content (AvgIpc) is 2.45. The number of hydrazine groups is 1. The quantitative estimate of drug-likeness (QED) is 0.295. The van der Waals surface area contributed by atoms with Crippen LogP contribution in [0.15, 0.2) is 18.2 Å². The van der Waals surface area contributed by atoms with Crippen molar-refractivity contribution in [2.45, 2.75) is 33.1 Å². The predicted octanol–water partition coefficient (Wildman–Crippen LogP) is 2.44. The summed E-state index contributed by atoms with van der Waals surface area (Å²) in [5.74, 6) is 5.44. The second kappa shape index (κ2) is 8.21. The number of nitrogens with one attached hydrogen (secondary N) is 2. The Bertz CT molecular complexity index is 503. The SMILES string of the molecule is CC(C)CCCCNC(=O)c1cc(NN)ccc1[N+](=O)[O-]. The van der Waals surface area contributed by atoms with Gasteiger partial charge in [0.25, 0.3) is 11.6 Å². The molecule has 0 atom stereocenters. The second-order valence-corrected chi connectivity index (χ2v) is 5.28. The van der Waals surface area contributed by atoms with Gasteiger partial charge in [-0.3, -0.25) is 20.8 Å². The van der Waals surface area contributed by atoms with Crippen LogP contribution in [0.25, 0.3) is 0 Å². The standard InChI is InChI=1S/C14H22N4O3/c1-10(2)5-3-4-8-16-14(19)12-9-11(17-15)6-7-13(12)18(20)21/h6-7,9-10,17H,3-5,8,15H2,1-2H3,(H,16,19). The molecule has 0 saturated heterocycles. The van der Waals surface area contributed by atoms with E-state index in [0.29, 0.717) is 18.2 Å². The molecule has 0 aliphatic heterocycles. The van der Waals surface area contributed by atoms with Gasteiger partial charge in [-0.1, -0.05) is 26.7 Å². The van der Waals surface area contributed by atoms with Crippen LogP contribution < -0.4 is 16.6 Å². The van der Waals surface area contributed by atoms with Crippen LogP contribution in [0.1, 0.15) is 43.5 Å². The fraction of sp³-hybridized carbons (Fsp3) is 0.500. The van der Waals surface area contributed by atoms with Crippen LogP contribution in [0, 0.1) is 16.0 Å². The lowest BCUT2D eigenvalue weighted by molar-refractivity contribution is -0.385. The number of hydrogen-bond donors (Lipinski definition) is 3. The van der Waals surface area contributed by atoms with Crippen molar-refractivity contribution in [1.29, 1.82) is 0 Å². The van der Waals surface area contributed by atoms with E-state index in [0.717, 1.165) is 19.3 Å². The van der Waals surface area contributed by atoms with Crippen molar-refractivity contribution in [2.24, 2.45) is 11.8 Å². The molecule has 116 valence electrons. The molecule has 0 aliphatic rings. The summed E-state index contributed by atoms with van der Waals surface area (Å²) in [4.78, 5) is 22.4. The number of rotatable bonds is 8. The smallest absolute Gasteiger partial charge is 0.282 e. The summed E-state index contributed by atoms with van der Waals surface area (Å²) in [7, 11) is 0. The molecule has 1 rings (SSSR count). The van der Waals surface area contributed by atoms with Crippen LogP contribution in [0.4, 0.5) is 11.4 Å². The van der Waals surface area contributed by atoms with Crippen LogP contribution in [0.2, 0.25) is 0 Å². The molecule has 1 amide bonds. The van der Waals surface area contributed by atoms with Crippen molar-refractivity contribution < 1.29 is 9.72 Å². The van der Waals surface area contributed by atoms with Crippen LogP contribution in [-0.4, -0.2) is 17.4 Å². The molecule has 0 saturated carbocycles. The van der Waals surface area contributed by atoms with Gasteiger partial charge in [-0.2, -0.15) is 0 Å². The fourth-order valence-corrected chi connectivity index (χ4v) is 1.94. The normalized spacial score (nSPS) is 10.5. The van der Waals surface area contributed by atoms with Crippen molar-refractivity contribution in [2.75, 3.05) is 12.0 Å². The summed E-state index contributed by atoms with van der Waals surface area (Å²) in [6.07, 6.45) is 2.97. The van der Waals surface area contributed by atoms with E-state index in [1.165, 1.54) is 18.2 Å². The molecule has 1 aromatic carbocycles. The minimum Gasteiger partial charge on any atom is -0.352 e. The number of nitrogens with zero attached hydrogens (tertiary/aromatic N) is 1. The maximum absolute atomic E-state index is 12.1. The fourth-order valence-electron chi connectivity index (χ4n) is 1.94. The van der Waals surface area contributed by atoms with E-state index < -0.39 is 10.8 Å². The van der Waals surface area contributed by atoms with Crippen molar-refractivity contribution >= 4 is 17.3 Å². The second-order valence-electron chi connectivity index (χ2n) is 5.28. The molecule has 21 heavy (non-hydrogen) atoms. The maximum Gasteiger partial charge on any atom is 0.282 e. The van der Waals surface area contributed by atoms with Crippen LogP contribution in [0.5, 0.6) is 0 Å². The van der Waals surface area contributed by atoms with E-state index in [1.54, 1.807) is 0 Å². The van der Waals surface area contributed by atoms with Crippen molar-refractivity contribution in [3.63, 3.8) is 0 Å². The zero-order chi connectivity index (χ0) is 15.8. The third kappa shape index (κ3) is 5.39. The molecule has 7 nitrogen and oxygen atoms in total. The van der Waals surface area contributed by atoms with Gasteiger partial charge in [0.15, 0.2) is 0 Å². The molecule has 4 N–H and O–H groups in total. The number of anilines is 1. The Morgan fingerprint density at radius 3 is 2.67 bits per heavy atom. The zero-order valence-corrected chi connectivity index (χ0v) is 12.4. The third-order valence-corrected chi connectivity index (χ3v) is 3.10. The Morgan fingerprint density at radius 2 is 2.10 bits per heavy atom. The van der Waals surface area contributed by atoms with E-state index >= 15 is 0 Å². The highest BCUT2D eigenvalue weighted by Gasteiger charge is 2.20. The summed E-state index contributed by atoms with van der Waals surface area (Å²) < 4.78 is 0. The average molecular weight is 294 g/mol. The van der Waals surface area contributed by atoms with Gasteiger partial charge in [0.2, 0.25) is 0 Å². The Hall–Kier alpha value is -2.15. The van der Waals surface area contributed by atoms with Crippen molar-refractivity contribution in [1.82, 2.24) is 5.32 Å². The predicted molar refractivity (Wildman–Crippen MR) is 81.9 cm³/mol. The van der Waals surface area contributed by atoms with Crippen LogP contribution in [-0.2, 0) is 0 Å². The monoisotopic (exact) mass is 294 g/mol. The number of carbonyl (C=O) groups is 1. The van der Waals surface area contributed by atoms with Crippen molar-refractivity contribution in [3.8, 4) is 0 Å². The van der Waals surface area contributed by atoms with Crippen LogP contribution >= 0.6 is 0 Å². The lowest BCUT2D eigenvalue weighted by Gasteiger charge is -2.08. The summed E-state index contributed by atoms with van der Waals surface area (Å²) >= 11 is 0. The Kier molecular flexibility index (Phi) is 6.61. The first-order chi connectivity index (χ1) is 9.95. The number of amides is 1. The minimum atomic E-state index is -0.575. The van der Waals surface area contributed by atoms with Crippen LogP contribution in [0.3, 0.4) is 0 Å². The molecular weight excluding hydrogens is 272 g/mol. The maximum atomic E-state index is 12.1. The molecule has 0 bridgehead atoms. The van der Waals surface area contributed by atoms with Gasteiger partial charge >= 0.3 is 0 Å². The lowest BCUT2D eigenvalue weighted by Crippen LogP contribution is -2.25. The van der Waals surface area contributed by atoms with E-state index in [-0.39, 0.29) is 11.3 Å². The topological polar surface area (TPSA) is 110 Å². The molecular formula is C14H22N4O3. The first-order valence-electron chi connectivity index (χ1n) is 6.99. The van der Waals surface area contributed by atoms with Gasteiger partial charge < -0.3 is 10.7 Å². The number of nitrogen functional groups attached to an aromatic ring is 1. The molecule has 0 fully saturated rings. The molecule has 0 unspecified atom stereocenters. The van der Waals surface area contributed by atoms with E-state index in [2.05, 4.69) is 24.6 Å². The van der Waals surface area contributed by atoms with E-state index in [9.17, 15) is 14.9 Å². The first-order valence-corrected chi connectivity index (χ1v) is 6.99. The van der Waals surface area contributed by atoms with Gasteiger partial charge in [0.1, 0.15) is 5.56 Å². The molecule has 0 spiro atoms. The summed E-state index contributed by atoms with van der Waals surface area (Å²) in [5, 5.41) is 13.7. The highest BCUT2D eigenvalue weighted by Crippen LogP contribution is 2.22. The largest absolute Gasteiger partial charge is 0.352 e. The lowest BCUT2D eigenvalue weighted by atomic mass is 10.1. The number of unbranched alkanes of at least 4 members (excludes halogenated alkanes) is 1. The Labute approximate surface area is 124 Å². The molecule has 0 heterocycles. The summed E-state index contributed by atoms with van der Waals surface area (Å²) in [6.45, 7) is 4.80. The van der Waals surface area contributed by atoms with Gasteiger partial charge in [0.05, 0.1) is 4.92 Å². The number of nitro benzene ring substituents is 1. The number of benzene rings is 1. The number of carbonyl (C=O) groups excluding carboxylic acids is 1.